The summed E-state index contributed by atoms with van der Waals surface area (Å²) in [5.74, 6) is 0.102. The summed E-state index contributed by atoms with van der Waals surface area (Å²) in [6.07, 6.45) is 1.70. The fraction of sp³-hybridized carbons (Fsp3) is 0.222. The van der Waals surface area contributed by atoms with Crippen molar-refractivity contribution in [1.29, 1.82) is 0 Å². The first kappa shape index (κ1) is 10.2. The lowest BCUT2D eigenvalue weighted by Crippen LogP contribution is -2.07. The van der Waals surface area contributed by atoms with E-state index >= 15 is 0 Å². The first-order valence-electron chi connectivity index (χ1n) is 4.04. The van der Waals surface area contributed by atoms with Gasteiger partial charge in [0.05, 0.1) is 7.11 Å². The van der Waals surface area contributed by atoms with Gasteiger partial charge in [-0.1, -0.05) is 6.08 Å². The van der Waals surface area contributed by atoms with E-state index in [4.69, 9.17) is 0 Å². The van der Waals surface area contributed by atoms with Crippen LogP contribution in [0.3, 0.4) is 0 Å². The molecule has 1 heterocycles. The highest BCUT2D eigenvalue weighted by atomic mass is 16.5. The van der Waals surface area contributed by atoms with Gasteiger partial charge in [0, 0.05) is 6.54 Å². The lowest BCUT2D eigenvalue weighted by atomic mass is 10.4. The van der Waals surface area contributed by atoms with Crippen LogP contribution in [-0.2, 0) is 4.74 Å². The standard InChI is InChI=1S/C9H11N3O2/c1-3-6-10-8-5-4-7(11-12-8)9(13)14-2/h3-5H,1,6H2,2H3,(H,10,12). The van der Waals surface area contributed by atoms with Crippen molar-refractivity contribution in [2.45, 2.75) is 0 Å². The van der Waals surface area contributed by atoms with Crippen LogP contribution in [0.5, 0.6) is 0 Å². The monoisotopic (exact) mass is 193 g/mol. The fourth-order valence-corrected chi connectivity index (χ4v) is 0.817. The van der Waals surface area contributed by atoms with Crippen molar-refractivity contribution in [3.8, 4) is 0 Å². The maximum absolute atomic E-state index is 11.0. The summed E-state index contributed by atoms with van der Waals surface area (Å²) >= 11 is 0. The van der Waals surface area contributed by atoms with Gasteiger partial charge in [-0.3, -0.25) is 0 Å². The Hall–Kier alpha value is -1.91. The summed E-state index contributed by atoms with van der Waals surface area (Å²) in [5.41, 5.74) is 0.191. The van der Waals surface area contributed by atoms with E-state index in [1.165, 1.54) is 7.11 Å². The second kappa shape index (κ2) is 4.96. The third kappa shape index (κ3) is 2.55. The second-order valence-corrected chi connectivity index (χ2v) is 2.46. The summed E-state index contributed by atoms with van der Waals surface area (Å²) in [6.45, 7) is 4.15. The summed E-state index contributed by atoms with van der Waals surface area (Å²) in [6, 6.07) is 3.20. The average molecular weight is 193 g/mol. The molecule has 0 atom stereocenters. The highest BCUT2D eigenvalue weighted by Gasteiger charge is 2.06. The van der Waals surface area contributed by atoms with Crippen molar-refractivity contribution in [1.82, 2.24) is 10.2 Å². The SMILES string of the molecule is C=CCNc1ccc(C(=O)OC)nn1. The molecule has 0 saturated carbocycles. The molecule has 0 saturated heterocycles. The topological polar surface area (TPSA) is 64.1 Å². The maximum Gasteiger partial charge on any atom is 0.358 e. The number of hydrogen-bond acceptors (Lipinski definition) is 5. The van der Waals surface area contributed by atoms with Gasteiger partial charge in [0.1, 0.15) is 5.82 Å². The van der Waals surface area contributed by atoms with Gasteiger partial charge in [-0.15, -0.1) is 16.8 Å². The van der Waals surface area contributed by atoms with E-state index in [2.05, 4.69) is 26.8 Å². The minimum absolute atomic E-state index is 0.191. The number of carbonyl (C=O) groups excluding carboxylic acids is 1. The molecule has 1 rings (SSSR count). The molecule has 0 fully saturated rings. The Morgan fingerprint density at radius 1 is 1.64 bits per heavy atom. The van der Waals surface area contributed by atoms with Crippen molar-refractivity contribution in [2.75, 3.05) is 19.0 Å². The lowest BCUT2D eigenvalue weighted by molar-refractivity contribution is 0.0593. The maximum atomic E-state index is 11.0. The van der Waals surface area contributed by atoms with Crippen molar-refractivity contribution in [3.05, 3.63) is 30.5 Å². The fourth-order valence-electron chi connectivity index (χ4n) is 0.817. The second-order valence-electron chi connectivity index (χ2n) is 2.46. The molecule has 1 aromatic rings. The molecule has 0 aliphatic heterocycles. The third-order valence-electron chi connectivity index (χ3n) is 1.49. The van der Waals surface area contributed by atoms with Crippen LogP contribution in [0.2, 0.25) is 0 Å². The molecular weight excluding hydrogens is 182 g/mol. The van der Waals surface area contributed by atoms with Crippen LogP contribution >= 0.6 is 0 Å². The minimum Gasteiger partial charge on any atom is -0.464 e. The predicted molar refractivity (Wildman–Crippen MR) is 52.1 cm³/mol. The number of esters is 1. The van der Waals surface area contributed by atoms with Gasteiger partial charge in [-0.05, 0) is 12.1 Å². The number of hydrogen-bond donors (Lipinski definition) is 1. The van der Waals surface area contributed by atoms with Crippen LogP contribution in [0, 0.1) is 0 Å². The predicted octanol–water partition coefficient (Wildman–Crippen LogP) is 0.861. The van der Waals surface area contributed by atoms with Gasteiger partial charge in [0.15, 0.2) is 5.69 Å². The molecule has 0 aromatic carbocycles. The van der Waals surface area contributed by atoms with Gasteiger partial charge in [-0.25, -0.2) is 4.79 Å². The van der Waals surface area contributed by atoms with Crippen LogP contribution in [0.15, 0.2) is 24.8 Å². The first-order chi connectivity index (χ1) is 6.77. The molecule has 5 heteroatoms. The zero-order chi connectivity index (χ0) is 10.4. The molecule has 1 N–H and O–H groups in total. The van der Waals surface area contributed by atoms with Crippen molar-refractivity contribution >= 4 is 11.8 Å². The largest absolute Gasteiger partial charge is 0.464 e. The molecule has 1 aromatic heterocycles. The molecule has 74 valence electrons. The summed E-state index contributed by atoms with van der Waals surface area (Å²) in [5, 5.41) is 10.4. The van der Waals surface area contributed by atoms with Crippen LogP contribution in [0.4, 0.5) is 5.82 Å². The Kier molecular flexibility index (Phi) is 3.60. The smallest absolute Gasteiger partial charge is 0.358 e. The lowest BCUT2D eigenvalue weighted by Gasteiger charge is -2.01. The summed E-state index contributed by atoms with van der Waals surface area (Å²) < 4.78 is 4.48. The normalized spacial score (nSPS) is 9.21. The molecule has 0 amide bonds. The molecule has 0 bridgehead atoms. The van der Waals surface area contributed by atoms with Crippen molar-refractivity contribution in [2.24, 2.45) is 0 Å². The van der Waals surface area contributed by atoms with Gasteiger partial charge in [-0.2, -0.15) is 0 Å². The van der Waals surface area contributed by atoms with Crippen LogP contribution in [0.1, 0.15) is 10.5 Å². The number of aromatic nitrogens is 2. The van der Waals surface area contributed by atoms with E-state index in [9.17, 15) is 4.79 Å². The number of methoxy groups -OCH3 is 1. The number of anilines is 1. The molecular formula is C9H11N3O2. The van der Waals surface area contributed by atoms with E-state index in [1.807, 2.05) is 0 Å². The van der Waals surface area contributed by atoms with Crippen LogP contribution < -0.4 is 5.32 Å². The number of ether oxygens (including phenoxy) is 1. The van der Waals surface area contributed by atoms with E-state index in [0.717, 1.165) is 0 Å². The Labute approximate surface area is 81.8 Å². The Bertz CT molecular complexity index is 321. The van der Waals surface area contributed by atoms with E-state index < -0.39 is 5.97 Å². The zero-order valence-electron chi connectivity index (χ0n) is 7.86. The highest BCUT2D eigenvalue weighted by molar-refractivity contribution is 5.86. The number of carbonyl (C=O) groups is 1. The molecule has 14 heavy (non-hydrogen) atoms. The molecule has 0 spiro atoms. The zero-order valence-corrected chi connectivity index (χ0v) is 7.86. The quantitative estimate of drug-likeness (QED) is 0.567. The van der Waals surface area contributed by atoms with Crippen LogP contribution in [0.25, 0.3) is 0 Å². The van der Waals surface area contributed by atoms with Gasteiger partial charge in [0.25, 0.3) is 0 Å². The van der Waals surface area contributed by atoms with Gasteiger partial charge < -0.3 is 10.1 Å². The number of nitrogens with zero attached hydrogens (tertiary/aromatic N) is 2. The van der Waals surface area contributed by atoms with Crippen molar-refractivity contribution < 1.29 is 9.53 Å². The first-order valence-corrected chi connectivity index (χ1v) is 4.04. The van der Waals surface area contributed by atoms with Crippen molar-refractivity contribution in [3.63, 3.8) is 0 Å². The Balaban J connectivity index is 2.68. The summed E-state index contributed by atoms with van der Waals surface area (Å²) in [7, 11) is 1.30. The van der Waals surface area contributed by atoms with E-state index in [1.54, 1.807) is 18.2 Å². The Morgan fingerprint density at radius 3 is 2.93 bits per heavy atom. The van der Waals surface area contributed by atoms with E-state index in [-0.39, 0.29) is 5.69 Å². The minimum atomic E-state index is -0.493. The molecule has 5 nitrogen and oxygen atoms in total. The van der Waals surface area contributed by atoms with Gasteiger partial charge >= 0.3 is 5.97 Å². The molecule has 0 radical (unpaired) electrons. The summed E-state index contributed by atoms with van der Waals surface area (Å²) in [4.78, 5) is 11.0. The molecule has 0 aliphatic rings. The molecule has 0 aliphatic carbocycles. The Morgan fingerprint density at radius 2 is 2.43 bits per heavy atom. The number of nitrogens with one attached hydrogen (secondary N) is 1. The average Bonchev–Trinajstić information content (AvgIpc) is 2.26. The van der Waals surface area contributed by atoms with E-state index in [0.29, 0.717) is 12.4 Å². The highest BCUT2D eigenvalue weighted by Crippen LogP contribution is 2.02. The molecule has 0 unspecified atom stereocenters. The van der Waals surface area contributed by atoms with Gasteiger partial charge in [0.2, 0.25) is 0 Å². The van der Waals surface area contributed by atoms with Crippen LogP contribution in [-0.4, -0.2) is 29.8 Å². The number of rotatable bonds is 4. The third-order valence-corrected chi connectivity index (χ3v) is 1.49.